The average molecular weight is 397 g/mol. The van der Waals surface area contributed by atoms with Crippen molar-refractivity contribution in [3.05, 3.63) is 77.3 Å². The van der Waals surface area contributed by atoms with Gasteiger partial charge in [0.2, 0.25) is 5.89 Å². The zero-order valence-corrected chi connectivity index (χ0v) is 16.1. The first-order valence-corrected chi connectivity index (χ1v) is 9.72. The first-order valence-electron chi connectivity index (χ1n) is 9.34. The second kappa shape index (κ2) is 8.59. The lowest BCUT2D eigenvalue weighted by Crippen LogP contribution is -2.36. The van der Waals surface area contributed by atoms with Crippen LogP contribution in [0.4, 0.5) is 0 Å². The smallest absolute Gasteiger partial charge is 0.323 e. The van der Waals surface area contributed by atoms with Crippen LogP contribution in [-0.2, 0) is 22.7 Å². The summed E-state index contributed by atoms with van der Waals surface area (Å²) in [7, 11) is 0. The molecule has 1 fully saturated rings. The van der Waals surface area contributed by atoms with Crippen molar-refractivity contribution >= 4 is 17.6 Å². The number of esters is 1. The van der Waals surface area contributed by atoms with Gasteiger partial charge in [-0.1, -0.05) is 54.1 Å². The van der Waals surface area contributed by atoms with Gasteiger partial charge in [-0.15, -0.1) is 0 Å². The predicted octanol–water partition coefficient (Wildman–Crippen LogP) is 4.70. The van der Waals surface area contributed by atoms with E-state index in [0.717, 1.165) is 30.5 Å². The van der Waals surface area contributed by atoms with Crippen molar-refractivity contribution in [2.45, 2.75) is 32.0 Å². The fourth-order valence-corrected chi connectivity index (χ4v) is 3.63. The molecule has 2 heterocycles. The zero-order valence-electron chi connectivity index (χ0n) is 15.4. The number of aromatic nitrogens is 1. The largest absolute Gasteiger partial charge is 0.460 e. The third kappa shape index (κ3) is 4.43. The van der Waals surface area contributed by atoms with Crippen molar-refractivity contribution in [2.75, 3.05) is 6.54 Å². The number of ether oxygens (including phenoxy) is 1. The van der Waals surface area contributed by atoms with Gasteiger partial charge < -0.3 is 9.15 Å². The molecule has 1 unspecified atom stereocenters. The van der Waals surface area contributed by atoms with Gasteiger partial charge in [0, 0.05) is 10.6 Å². The quantitative estimate of drug-likeness (QED) is 0.565. The maximum Gasteiger partial charge on any atom is 0.323 e. The van der Waals surface area contributed by atoms with Gasteiger partial charge >= 0.3 is 5.97 Å². The lowest BCUT2D eigenvalue weighted by Gasteiger charge is -2.21. The Morgan fingerprint density at radius 1 is 1.21 bits per heavy atom. The van der Waals surface area contributed by atoms with Gasteiger partial charge in [0.05, 0.1) is 12.7 Å². The highest BCUT2D eigenvalue weighted by Gasteiger charge is 2.32. The fraction of sp³-hybridized carbons (Fsp3) is 0.273. The highest BCUT2D eigenvalue weighted by atomic mass is 35.5. The number of likely N-dealkylation sites (tertiary alicyclic amines) is 1. The lowest BCUT2D eigenvalue weighted by atomic mass is 10.2. The Balaban J connectivity index is 1.38. The fourth-order valence-electron chi connectivity index (χ4n) is 3.44. The molecule has 1 aliphatic heterocycles. The maximum atomic E-state index is 12.6. The summed E-state index contributed by atoms with van der Waals surface area (Å²) < 4.78 is 11.4. The van der Waals surface area contributed by atoms with E-state index in [4.69, 9.17) is 20.8 Å². The van der Waals surface area contributed by atoms with Crippen molar-refractivity contribution in [1.29, 1.82) is 0 Å². The molecule has 6 heteroatoms. The van der Waals surface area contributed by atoms with E-state index in [9.17, 15) is 4.79 Å². The second-order valence-electron chi connectivity index (χ2n) is 6.85. The third-order valence-corrected chi connectivity index (χ3v) is 5.10. The number of rotatable bonds is 6. The summed E-state index contributed by atoms with van der Waals surface area (Å²) in [5.74, 6) is 1.06. The maximum absolute atomic E-state index is 12.6. The normalized spacial score (nSPS) is 17.0. The minimum atomic E-state index is -0.259. The summed E-state index contributed by atoms with van der Waals surface area (Å²) >= 11 is 6.05. The average Bonchev–Trinajstić information content (AvgIpc) is 3.37. The van der Waals surface area contributed by atoms with E-state index in [2.05, 4.69) is 9.88 Å². The van der Waals surface area contributed by atoms with Crippen LogP contribution in [0.3, 0.4) is 0 Å². The molecule has 0 radical (unpaired) electrons. The van der Waals surface area contributed by atoms with Gasteiger partial charge in [0.25, 0.3) is 0 Å². The minimum Gasteiger partial charge on any atom is -0.460 e. The molecule has 0 spiro atoms. The summed E-state index contributed by atoms with van der Waals surface area (Å²) in [5, 5.41) is 0.649. The van der Waals surface area contributed by atoms with Crippen molar-refractivity contribution in [2.24, 2.45) is 0 Å². The number of nitrogens with zero attached hydrogens (tertiary/aromatic N) is 2. The van der Waals surface area contributed by atoms with Gasteiger partial charge in [-0.05, 0) is 37.1 Å². The monoisotopic (exact) mass is 396 g/mol. The summed E-state index contributed by atoms with van der Waals surface area (Å²) in [6.07, 6.45) is 3.43. The van der Waals surface area contributed by atoms with Crippen LogP contribution in [-0.4, -0.2) is 28.4 Å². The predicted molar refractivity (Wildman–Crippen MR) is 107 cm³/mol. The topological polar surface area (TPSA) is 55.6 Å². The van der Waals surface area contributed by atoms with Crippen molar-refractivity contribution in [3.8, 4) is 11.3 Å². The summed E-state index contributed by atoms with van der Waals surface area (Å²) in [6, 6.07) is 16.9. The van der Waals surface area contributed by atoms with Crippen LogP contribution in [0.5, 0.6) is 0 Å². The van der Waals surface area contributed by atoms with E-state index >= 15 is 0 Å². The number of hydrogen-bond donors (Lipinski definition) is 0. The molecule has 1 saturated heterocycles. The van der Waals surface area contributed by atoms with E-state index in [1.165, 1.54) is 0 Å². The third-order valence-electron chi connectivity index (χ3n) is 4.86. The van der Waals surface area contributed by atoms with Gasteiger partial charge in [-0.25, -0.2) is 4.98 Å². The second-order valence-corrected chi connectivity index (χ2v) is 7.29. The van der Waals surface area contributed by atoms with Gasteiger partial charge in [-0.3, -0.25) is 9.69 Å². The standard InChI is InChI=1S/C22H21ClN2O3/c23-18-9-4-8-17(12-18)20-13-24-21(28-20)14-25-11-5-10-19(25)22(26)27-15-16-6-2-1-3-7-16/h1-4,6-9,12-13,19H,5,10-11,14-15H2. The molecule has 0 amide bonds. The molecular weight excluding hydrogens is 376 g/mol. The number of carbonyl (C=O) groups is 1. The Hall–Kier alpha value is -2.63. The van der Waals surface area contributed by atoms with Crippen LogP contribution in [0.1, 0.15) is 24.3 Å². The molecule has 2 aromatic carbocycles. The Morgan fingerprint density at radius 3 is 2.89 bits per heavy atom. The first-order chi connectivity index (χ1) is 13.7. The van der Waals surface area contributed by atoms with Crippen LogP contribution in [0.2, 0.25) is 5.02 Å². The molecule has 28 heavy (non-hydrogen) atoms. The summed E-state index contributed by atoms with van der Waals surface area (Å²) in [6.45, 7) is 1.59. The van der Waals surface area contributed by atoms with Crippen LogP contribution < -0.4 is 0 Å². The highest BCUT2D eigenvalue weighted by Crippen LogP contribution is 2.26. The van der Waals surface area contributed by atoms with Crippen LogP contribution in [0.25, 0.3) is 11.3 Å². The number of benzene rings is 2. The molecule has 3 aromatic rings. The lowest BCUT2D eigenvalue weighted by molar-refractivity contribution is -0.150. The molecule has 144 valence electrons. The molecule has 0 saturated carbocycles. The molecule has 5 nitrogen and oxygen atoms in total. The molecule has 0 aliphatic carbocycles. The van der Waals surface area contributed by atoms with Crippen LogP contribution in [0, 0.1) is 0 Å². The van der Waals surface area contributed by atoms with Crippen LogP contribution in [0.15, 0.2) is 65.2 Å². The van der Waals surface area contributed by atoms with Gasteiger partial charge in [0.15, 0.2) is 5.76 Å². The van der Waals surface area contributed by atoms with E-state index in [1.54, 1.807) is 6.20 Å². The molecule has 1 atom stereocenters. The number of oxazole rings is 1. The Morgan fingerprint density at radius 2 is 2.07 bits per heavy atom. The van der Waals surface area contributed by atoms with E-state index in [1.807, 2.05) is 54.6 Å². The van der Waals surface area contributed by atoms with Crippen LogP contribution >= 0.6 is 11.6 Å². The van der Waals surface area contributed by atoms with E-state index in [0.29, 0.717) is 29.8 Å². The van der Waals surface area contributed by atoms with E-state index in [-0.39, 0.29) is 12.0 Å². The Labute approximate surface area is 168 Å². The molecular formula is C22H21ClN2O3. The Kier molecular flexibility index (Phi) is 5.74. The van der Waals surface area contributed by atoms with Crippen molar-refractivity contribution in [3.63, 3.8) is 0 Å². The SMILES string of the molecule is O=C(OCc1ccccc1)C1CCCN1Cc1ncc(-c2cccc(Cl)c2)o1. The highest BCUT2D eigenvalue weighted by molar-refractivity contribution is 6.30. The molecule has 1 aromatic heterocycles. The molecule has 0 bridgehead atoms. The number of halogens is 1. The molecule has 4 rings (SSSR count). The molecule has 0 N–H and O–H groups in total. The van der Waals surface area contributed by atoms with Crippen molar-refractivity contribution < 1.29 is 13.9 Å². The Bertz CT molecular complexity index is 942. The zero-order chi connectivity index (χ0) is 19.3. The van der Waals surface area contributed by atoms with Gasteiger partial charge in [0.1, 0.15) is 12.6 Å². The minimum absolute atomic E-state index is 0.192. The summed E-state index contributed by atoms with van der Waals surface area (Å²) in [5.41, 5.74) is 1.87. The summed E-state index contributed by atoms with van der Waals surface area (Å²) in [4.78, 5) is 19.0. The van der Waals surface area contributed by atoms with Gasteiger partial charge in [-0.2, -0.15) is 0 Å². The number of hydrogen-bond acceptors (Lipinski definition) is 5. The first kappa shape index (κ1) is 18.7. The van der Waals surface area contributed by atoms with Crippen molar-refractivity contribution in [1.82, 2.24) is 9.88 Å². The number of carbonyl (C=O) groups excluding carboxylic acids is 1. The van der Waals surface area contributed by atoms with E-state index < -0.39 is 0 Å². The molecule has 1 aliphatic rings.